The van der Waals surface area contributed by atoms with E-state index in [4.69, 9.17) is 22.9 Å². The van der Waals surface area contributed by atoms with Crippen LogP contribution >= 0.6 is 0 Å². The number of carbonyl (C=O) groups is 8. The molecule has 2 rings (SSSR count). The lowest BCUT2D eigenvalue weighted by molar-refractivity contribution is -0.143. The van der Waals surface area contributed by atoms with E-state index in [1.165, 1.54) is 13.8 Å². The molecule has 0 saturated heterocycles. The third-order valence-corrected chi connectivity index (χ3v) is 10.4. The summed E-state index contributed by atoms with van der Waals surface area (Å²) >= 11 is 0. The van der Waals surface area contributed by atoms with Crippen molar-refractivity contribution in [3.8, 4) is 0 Å². The molecule has 0 saturated carbocycles. The Balaban J connectivity index is 2.32. The lowest BCUT2D eigenvalue weighted by Gasteiger charge is -2.27. The van der Waals surface area contributed by atoms with Crippen LogP contribution in [0.25, 0.3) is 10.9 Å². The van der Waals surface area contributed by atoms with E-state index in [0.29, 0.717) is 24.9 Å². The van der Waals surface area contributed by atoms with Gasteiger partial charge < -0.3 is 75.3 Å². The predicted octanol–water partition coefficient (Wildman–Crippen LogP) is -2.57. The number of rotatable bonds is 29. The number of carboxylic acid groups (broad SMARTS) is 1. The van der Waals surface area contributed by atoms with Crippen LogP contribution in [0.15, 0.2) is 35.5 Å². The number of hydrogen-bond donors (Lipinski definition) is 14. The van der Waals surface area contributed by atoms with Crippen LogP contribution in [0.3, 0.4) is 0 Å². The van der Waals surface area contributed by atoms with Crippen LogP contribution in [0.2, 0.25) is 0 Å². The van der Waals surface area contributed by atoms with Crippen LogP contribution in [-0.2, 0) is 44.8 Å². The number of amides is 7. The summed E-state index contributed by atoms with van der Waals surface area (Å²) in [6, 6.07) is -2.80. The number of aliphatic hydroxyl groups is 1. The molecule has 0 radical (unpaired) electrons. The summed E-state index contributed by atoms with van der Waals surface area (Å²) < 4.78 is 0. The fourth-order valence-corrected chi connectivity index (χ4v) is 6.72. The van der Waals surface area contributed by atoms with Crippen molar-refractivity contribution >= 4 is 64.2 Å². The summed E-state index contributed by atoms with van der Waals surface area (Å²) in [4.78, 5) is 113. The lowest BCUT2D eigenvalue weighted by Crippen LogP contribution is -2.61. The molecular weight excluding hydrogens is 859 g/mol. The number of hydrogen-bond acceptors (Lipinski definition) is 12. The van der Waals surface area contributed by atoms with Crippen molar-refractivity contribution in [2.24, 2.45) is 39.8 Å². The second kappa shape index (κ2) is 27.9. The van der Waals surface area contributed by atoms with Gasteiger partial charge in [-0.2, -0.15) is 0 Å². The number of carbonyl (C=O) groups excluding carboxylic acids is 7. The van der Waals surface area contributed by atoms with Gasteiger partial charge in [-0.1, -0.05) is 45.9 Å². The zero-order valence-corrected chi connectivity index (χ0v) is 38.6. The van der Waals surface area contributed by atoms with E-state index in [9.17, 15) is 48.6 Å². The number of benzene rings is 1. The topological polar surface area (TPSA) is 393 Å². The molecule has 0 aliphatic carbocycles. The highest BCUT2D eigenvalue weighted by atomic mass is 16.4. The van der Waals surface area contributed by atoms with Crippen LogP contribution < -0.4 is 60.2 Å². The second-order valence-corrected chi connectivity index (χ2v) is 17.0. The molecule has 1 aromatic carbocycles. The van der Waals surface area contributed by atoms with Gasteiger partial charge in [-0.25, -0.2) is 4.79 Å². The molecule has 7 amide bonds. The van der Waals surface area contributed by atoms with Crippen LogP contribution in [0.5, 0.6) is 0 Å². The van der Waals surface area contributed by atoms with E-state index < -0.39 is 108 Å². The summed E-state index contributed by atoms with van der Waals surface area (Å²) in [6.07, 6.45) is 3.09. The molecule has 18 N–H and O–H groups in total. The fraction of sp³-hybridized carbons (Fsp3) is 0.605. The van der Waals surface area contributed by atoms with E-state index in [2.05, 4.69) is 47.2 Å². The highest BCUT2D eigenvalue weighted by Crippen LogP contribution is 2.19. The number of nitrogens with one attached hydrogen (secondary N) is 8. The Morgan fingerprint density at radius 3 is 1.82 bits per heavy atom. The predicted molar refractivity (Wildman–Crippen MR) is 247 cm³/mol. The third-order valence-electron chi connectivity index (χ3n) is 10.4. The van der Waals surface area contributed by atoms with Crippen LogP contribution in [0, 0.1) is 11.8 Å². The quantitative estimate of drug-likeness (QED) is 0.0227. The number of nitrogens with zero attached hydrogens (tertiary/aromatic N) is 1. The number of carboxylic acids is 1. The highest BCUT2D eigenvalue weighted by Gasteiger charge is 2.34. The Hall–Kier alpha value is -6.33. The molecule has 2 aromatic rings. The SMILES string of the molecule is CC(C)C[C@H](NC(=O)[C@H](C)N)C(=O)N[C@@H](CCCCN)C(=O)N[C@@H](C)C(=O)N[C@@H](Cc1c[nH]c2ccccc12)C(=O)N[C@@H](CO)C(=O)N[C@H](C(=O)N[C@@H](CCCN=C(N)N)C(=O)O)C(C)C. The maximum absolute atomic E-state index is 14.1. The van der Waals surface area contributed by atoms with Crippen molar-refractivity contribution in [2.75, 3.05) is 19.7 Å². The third kappa shape index (κ3) is 18.6. The average molecular weight is 930 g/mol. The normalized spacial score (nSPS) is 14.9. The fourth-order valence-electron chi connectivity index (χ4n) is 6.72. The number of nitrogens with two attached hydrogens (primary N) is 4. The minimum absolute atomic E-state index is 0.0132. The van der Waals surface area contributed by atoms with Gasteiger partial charge in [0.1, 0.15) is 42.3 Å². The van der Waals surface area contributed by atoms with Crippen molar-refractivity contribution in [1.29, 1.82) is 0 Å². The van der Waals surface area contributed by atoms with E-state index in [0.717, 1.165) is 10.9 Å². The molecule has 368 valence electrons. The first kappa shape index (κ1) is 55.8. The lowest BCUT2D eigenvalue weighted by atomic mass is 10.0. The van der Waals surface area contributed by atoms with Crippen molar-refractivity contribution in [3.05, 3.63) is 36.0 Å². The van der Waals surface area contributed by atoms with Gasteiger partial charge in [0.05, 0.1) is 12.6 Å². The number of aromatic amines is 1. The number of aliphatic hydroxyl groups excluding tert-OH is 1. The standard InChI is InChI=1S/C43H71N13O10/c1-22(2)18-31(53-35(58)24(5)45)38(61)51-29(14-9-10-16-44)37(60)50-25(6)36(59)54-32(19-26-20-49-28-13-8-7-12-27(26)28)39(62)55-33(21-57)40(63)56-34(23(3)4)41(64)52-30(42(65)66)15-11-17-48-43(46)47/h7-8,12-13,20,22-25,29-34,49,57H,9-11,14-19,21,44-45H2,1-6H3,(H,50,60)(H,51,61)(H,52,64)(H,53,58)(H,54,59)(H,55,62)(H,56,63)(H,65,66)(H4,46,47,48)/t24-,25-,29-,30-,31-,32-,33-,34-/m0/s1. The van der Waals surface area contributed by atoms with Crippen LogP contribution in [-0.4, -0.2) is 137 Å². The van der Waals surface area contributed by atoms with Crippen LogP contribution in [0.1, 0.15) is 85.6 Å². The van der Waals surface area contributed by atoms with Crippen molar-refractivity contribution in [3.63, 3.8) is 0 Å². The van der Waals surface area contributed by atoms with Crippen molar-refractivity contribution in [1.82, 2.24) is 42.2 Å². The molecule has 8 atom stereocenters. The maximum atomic E-state index is 14.1. The number of aliphatic carboxylic acids is 1. The summed E-state index contributed by atoms with van der Waals surface area (Å²) in [5, 5.41) is 38.7. The number of aromatic nitrogens is 1. The van der Waals surface area contributed by atoms with Crippen molar-refractivity contribution < 1.29 is 48.6 Å². The summed E-state index contributed by atoms with van der Waals surface area (Å²) in [5.41, 5.74) is 23.4. The van der Waals surface area contributed by atoms with Gasteiger partial charge in [0.2, 0.25) is 41.4 Å². The van der Waals surface area contributed by atoms with Gasteiger partial charge >= 0.3 is 5.97 Å². The zero-order valence-electron chi connectivity index (χ0n) is 38.6. The molecule has 23 nitrogen and oxygen atoms in total. The van der Waals surface area contributed by atoms with Gasteiger partial charge in [0, 0.05) is 30.1 Å². The first-order chi connectivity index (χ1) is 31.1. The van der Waals surface area contributed by atoms with Crippen molar-refractivity contribution in [2.45, 2.75) is 135 Å². The molecule has 23 heteroatoms. The monoisotopic (exact) mass is 930 g/mol. The number of guanidine groups is 1. The molecule has 1 aromatic heterocycles. The highest BCUT2D eigenvalue weighted by molar-refractivity contribution is 5.98. The first-order valence-corrected chi connectivity index (χ1v) is 22.1. The Labute approximate surface area is 384 Å². The molecule has 0 aliphatic heterocycles. The van der Waals surface area contributed by atoms with E-state index in [1.807, 2.05) is 19.9 Å². The zero-order chi connectivity index (χ0) is 49.7. The Kier molecular flexibility index (Phi) is 23.6. The molecule has 1 heterocycles. The molecular formula is C43H71N13O10. The smallest absolute Gasteiger partial charge is 0.326 e. The second-order valence-electron chi connectivity index (χ2n) is 17.0. The summed E-state index contributed by atoms with van der Waals surface area (Å²) in [6.45, 7) is 9.28. The average Bonchev–Trinajstić information content (AvgIpc) is 3.66. The minimum atomic E-state index is -1.64. The van der Waals surface area contributed by atoms with E-state index in [-0.39, 0.29) is 50.5 Å². The Morgan fingerprint density at radius 1 is 0.667 bits per heavy atom. The molecule has 0 bridgehead atoms. The first-order valence-electron chi connectivity index (χ1n) is 22.1. The minimum Gasteiger partial charge on any atom is -0.480 e. The van der Waals surface area contributed by atoms with Gasteiger partial charge in [-0.05, 0) is 82.4 Å². The Morgan fingerprint density at radius 2 is 1.23 bits per heavy atom. The number of aliphatic imine (C=N–C) groups is 1. The number of fused-ring (bicyclic) bond motifs is 1. The van der Waals surface area contributed by atoms with Gasteiger partial charge in [-0.15, -0.1) is 0 Å². The summed E-state index contributed by atoms with van der Waals surface area (Å²) in [7, 11) is 0. The molecule has 66 heavy (non-hydrogen) atoms. The largest absolute Gasteiger partial charge is 0.480 e. The van der Waals surface area contributed by atoms with Gasteiger partial charge in [0.25, 0.3) is 0 Å². The van der Waals surface area contributed by atoms with Gasteiger partial charge in [-0.3, -0.25) is 38.6 Å². The summed E-state index contributed by atoms with van der Waals surface area (Å²) in [5.74, 6) is -7.53. The molecule has 0 unspecified atom stereocenters. The molecule has 0 spiro atoms. The number of unbranched alkanes of at least 4 members (excludes halogenated alkanes) is 1. The maximum Gasteiger partial charge on any atom is 0.326 e. The number of para-hydroxylation sites is 1. The molecule has 0 fully saturated rings. The molecule has 0 aliphatic rings. The van der Waals surface area contributed by atoms with Gasteiger partial charge in [0.15, 0.2) is 5.96 Å². The van der Waals surface area contributed by atoms with Crippen LogP contribution in [0.4, 0.5) is 0 Å². The van der Waals surface area contributed by atoms with E-state index in [1.54, 1.807) is 38.2 Å². The number of H-pyrrole nitrogens is 1. The Bertz CT molecular complexity index is 1980. The van der Waals surface area contributed by atoms with E-state index >= 15 is 0 Å².